The third kappa shape index (κ3) is 1.46. The molecule has 4 rings (SSSR count). The van der Waals surface area contributed by atoms with E-state index in [1.54, 1.807) is 6.33 Å². The van der Waals surface area contributed by atoms with Gasteiger partial charge in [-0.05, 0) is 23.8 Å². The lowest BCUT2D eigenvalue weighted by Crippen LogP contribution is -2.30. The first kappa shape index (κ1) is 11.9. The summed E-state index contributed by atoms with van der Waals surface area (Å²) in [5.41, 5.74) is 9.71. The highest BCUT2D eigenvalue weighted by molar-refractivity contribution is 6.33. The summed E-state index contributed by atoms with van der Waals surface area (Å²) in [5, 5.41) is 14.4. The predicted molar refractivity (Wildman–Crippen MR) is 69.9 cm³/mol. The summed E-state index contributed by atoms with van der Waals surface area (Å²) in [5.74, 6) is 0.548. The summed E-state index contributed by atoms with van der Waals surface area (Å²) in [7, 11) is 0. The van der Waals surface area contributed by atoms with Gasteiger partial charge in [-0.2, -0.15) is 0 Å². The fraction of sp³-hybridized carbons (Fsp3) is 0.545. The van der Waals surface area contributed by atoms with Gasteiger partial charge in [0.25, 0.3) is 0 Å². The van der Waals surface area contributed by atoms with E-state index in [-0.39, 0.29) is 18.0 Å². The van der Waals surface area contributed by atoms with Gasteiger partial charge in [-0.25, -0.2) is 15.0 Å². The Morgan fingerprint density at radius 2 is 2.25 bits per heavy atom. The molecule has 1 N–H and O–H groups in total. The number of nitrogens with zero attached hydrogens (tertiary/aromatic N) is 7. The second-order valence-corrected chi connectivity index (χ2v) is 5.59. The van der Waals surface area contributed by atoms with E-state index in [9.17, 15) is 5.11 Å². The van der Waals surface area contributed by atoms with Gasteiger partial charge in [0.15, 0.2) is 10.8 Å². The monoisotopic (exact) mass is 291 g/mol. The van der Waals surface area contributed by atoms with Crippen LogP contribution in [-0.4, -0.2) is 36.8 Å². The minimum Gasteiger partial charge on any atom is -0.391 e. The Kier molecular flexibility index (Phi) is 2.41. The molecule has 2 aromatic rings. The highest BCUT2D eigenvalue weighted by Gasteiger charge is 2.60. The number of fused-ring (bicyclic) bond motifs is 2. The smallest absolute Gasteiger partial charge is 0.165 e. The van der Waals surface area contributed by atoms with Crippen molar-refractivity contribution in [1.82, 2.24) is 19.5 Å². The zero-order valence-electron chi connectivity index (χ0n) is 10.2. The van der Waals surface area contributed by atoms with Gasteiger partial charge in [-0.15, -0.1) is 0 Å². The maximum Gasteiger partial charge on any atom is 0.165 e. The van der Waals surface area contributed by atoms with Crippen LogP contribution in [0.25, 0.3) is 21.6 Å². The summed E-state index contributed by atoms with van der Waals surface area (Å²) < 4.78 is 1.82. The van der Waals surface area contributed by atoms with Gasteiger partial charge >= 0.3 is 0 Å². The molecule has 0 radical (unpaired) electrons. The Labute approximate surface area is 118 Å². The molecule has 0 spiro atoms. The van der Waals surface area contributed by atoms with Gasteiger partial charge in [0, 0.05) is 4.91 Å². The van der Waals surface area contributed by atoms with Crippen LogP contribution in [0.2, 0.25) is 5.15 Å². The summed E-state index contributed by atoms with van der Waals surface area (Å²) >= 11 is 5.98. The summed E-state index contributed by atoms with van der Waals surface area (Å²) in [6.45, 7) is 0. The topological polar surface area (TPSA) is 113 Å². The molecule has 20 heavy (non-hydrogen) atoms. The van der Waals surface area contributed by atoms with Gasteiger partial charge in [0.1, 0.15) is 11.8 Å². The van der Waals surface area contributed by atoms with Crippen molar-refractivity contribution >= 4 is 22.8 Å². The molecule has 0 amide bonds. The van der Waals surface area contributed by atoms with E-state index < -0.39 is 6.10 Å². The first-order valence-electron chi connectivity index (χ1n) is 6.27. The third-order valence-electron chi connectivity index (χ3n) is 4.29. The fourth-order valence-electron chi connectivity index (χ4n) is 3.36. The van der Waals surface area contributed by atoms with Crippen molar-refractivity contribution in [2.45, 2.75) is 24.6 Å². The van der Waals surface area contributed by atoms with Crippen LogP contribution in [0.15, 0.2) is 17.8 Å². The van der Waals surface area contributed by atoms with Crippen LogP contribution >= 0.6 is 11.6 Å². The number of aliphatic hydroxyl groups is 1. The molecule has 2 fully saturated rings. The maximum atomic E-state index is 10.4. The minimum atomic E-state index is -0.721. The molecule has 0 aliphatic heterocycles. The highest BCUT2D eigenvalue weighted by atomic mass is 35.5. The number of aliphatic hydroxyl groups excluding tert-OH is 1. The molecular formula is C11H10ClN7O. The Hall–Kier alpha value is -1.89. The second kappa shape index (κ2) is 4.05. The average Bonchev–Trinajstić information content (AvgIpc) is 3.00. The molecule has 5 atom stereocenters. The van der Waals surface area contributed by atoms with E-state index in [0.717, 1.165) is 6.42 Å². The van der Waals surface area contributed by atoms with Crippen molar-refractivity contribution in [3.8, 4) is 0 Å². The van der Waals surface area contributed by atoms with E-state index in [1.165, 1.54) is 6.33 Å². The molecule has 0 saturated heterocycles. The first-order chi connectivity index (χ1) is 9.72. The van der Waals surface area contributed by atoms with Gasteiger partial charge in [-0.3, -0.25) is 0 Å². The van der Waals surface area contributed by atoms with E-state index in [4.69, 9.17) is 17.1 Å². The van der Waals surface area contributed by atoms with Crippen molar-refractivity contribution < 1.29 is 5.11 Å². The maximum absolute atomic E-state index is 10.4. The molecule has 0 unspecified atom stereocenters. The largest absolute Gasteiger partial charge is 0.391 e. The normalized spacial score (nSPS) is 34.8. The Morgan fingerprint density at radius 1 is 1.40 bits per heavy atom. The molecule has 8 nitrogen and oxygen atoms in total. The summed E-state index contributed by atoms with van der Waals surface area (Å²) in [6, 6.07) is -0.545. The standard InChI is InChI=1S/C11H10ClN7O/c12-10-7-11(15-2-14-10)19(3-16-7)8-5-1-4(5)6(9(8)20)17-18-13/h2-6,8-9,20H,1H2/t4-,5+,6+,8+,9+/m0/s1. The van der Waals surface area contributed by atoms with Crippen LogP contribution < -0.4 is 0 Å². The van der Waals surface area contributed by atoms with Crippen molar-refractivity contribution in [3.05, 3.63) is 28.3 Å². The van der Waals surface area contributed by atoms with Crippen LogP contribution in [0.5, 0.6) is 0 Å². The fourth-order valence-corrected chi connectivity index (χ4v) is 3.53. The lowest BCUT2D eigenvalue weighted by atomic mass is 10.1. The molecule has 2 aliphatic carbocycles. The van der Waals surface area contributed by atoms with Crippen molar-refractivity contribution in [1.29, 1.82) is 0 Å². The number of hydrogen-bond donors (Lipinski definition) is 1. The second-order valence-electron chi connectivity index (χ2n) is 5.23. The lowest BCUT2D eigenvalue weighted by Gasteiger charge is -2.22. The van der Waals surface area contributed by atoms with E-state index >= 15 is 0 Å². The van der Waals surface area contributed by atoms with Crippen molar-refractivity contribution in [2.75, 3.05) is 0 Å². The minimum absolute atomic E-state index is 0.175. The number of hydrogen-bond acceptors (Lipinski definition) is 5. The Bertz CT molecular complexity index is 739. The zero-order chi connectivity index (χ0) is 13.9. The number of aromatic nitrogens is 4. The van der Waals surface area contributed by atoms with Crippen LogP contribution in [0.4, 0.5) is 0 Å². The summed E-state index contributed by atoms with van der Waals surface area (Å²) in [6.07, 6.45) is 3.22. The number of halogens is 1. The Balaban J connectivity index is 1.81. The molecule has 2 aliphatic rings. The van der Waals surface area contributed by atoms with Gasteiger partial charge in [-0.1, -0.05) is 16.7 Å². The average molecular weight is 292 g/mol. The third-order valence-corrected chi connectivity index (χ3v) is 4.57. The molecule has 0 aromatic carbocycles. The molecule has 9 heteroatoms. The molecule has 2 aromatic heterocycles. The lowest BCUT2D eigenvalue weighted by molar-refractivity contribution is 0.104. The Morgan fingerprint density at radius 3 is 3.05 bits per heavy atom. The van der Waals surface area contributed by atoms with E-state index in [0.29, 0.717) is 22.2 Å². The number of imidazole rings is 1. The summed E-state index contributed by atoms with van der Waals surface area (Å²) in [4.78, 5) is 15.1. The predicted octanol–water partition coefficient (Wildman–Crippen LogP) is 1.71. The number of rotatable bonds is 2. The van der Waals surface area contributed by atoms with Crippen LogP contribution in [0.3, 0.4) is 0 Å². The SMILES string of the molecule is [N-]=[N+]=N[C@H]1[C@@H](O)[C@H](n2cnc3c(Cl)ncnc32)[C@@H]2C[C@@H]21. The quantitative estimate of drug-likeness (QED) is 0.393. The molecule has 2 heterocycles. The van der Waals surface area contributed by atoms with E-state index in [1.807, 2.05) is 4.57 Å². The molecule has 0 bridgehead atoms. The van der Waals surface area contributed by atoms with Crippen LogP contribution in [-0.2, 0) is 0 Å². The van der Waals surface area contributed by atoms with Gasteiger partial charge < -0.3 is 9.67 Å². The van der Waals surface area contributed by atoms with Crippen molar-refractivity contribution in [2.24, 2.45) is 17.0 Å². The molecular weight excluding hydrogens is 282 g/mol. The number of azide groups is 1. The van der Waals surface area contributed by atoms with Gasteiger partial charge in [0.05, 0.1) is 24.5 Å². The first-order valence-corrected chi connectivity index (χ1v) is 6.65. The van der Waals surface area contributed by atoms with Crippen LogP contribution in [0.1, 0.15) is 12.5 Å². The molecule has 2 saturated carbocycles. The molecule has 102 valence electrons. The van der Waals surface area contributed by atoms with Gasteiger partial charge in [0.2, 0.25) is 0 Å². The zero-order valence-corrected chi connectivity index (χ0v) is 11.0. The van der Waals surface area contributed by atoms with E-state index in [2.05, 4.69) is 25.0 Å². The van der Waals surface area contributed by atoms with Crippen LogP contribution in [0, 0.1) is 11.8 Å². The van der Waals surface area contributed by atoms with Crippen molar-refractivity contribution in [3.63, 3.8) is 0 Å². The highest BCUT2D eigenvalue weighted by Crippen LogP contribution is 2.59.